The predicted octanol–water partition coefficient (Wildman–Crippen LogP) is 3.45. The maximum atomic E-state index is 4.71. The topological polar surface area (TPSA) is 59.7 Å². The molecule has 0 saturated carbocycles. The molecule has 4 rings (SSSR count). The number of rotatable bonds is 6. The molecule has 0 amide bonds. The van der Waals surface area contributed by atoms with Crippen molar-refractivity contribution in [3.63, 3.8) is 0 Å². The molecule has 0 radical (unpaired) electrons. The first-order valence-corrected chi connectivity index (χ1v) is 9.79. The second-order valence-corrected chi connectivity index (χ2v) is 7.18. The second-order valence-electron chi connectivity index (χ2n) is 7.18. The number of hydrogen-bond acceptors (Lipinski definition) is 5. The van der Waals surface area contributed by atoms with Gasteiger partial charge in [0.2, 0.25) is 0 Å². The highest BCUT2D eigenvalue weighted by Crippen LogP contribution is 2.30. The Balaban J connectivity index is 1.54. The summed E-state index contributed by atoms with van der Waals surface area (Å²) in [5.74, 6) is 2.67. The molecule has 0 N–H and O–H groups in total. The molecule has 4 heterocycles. The van der Waals surface area contributed by atoms with Crippen LogP contribution in [0.25, 0.3) is 0 Å². The smallest absolute Gasteiger partial charge is 0.135 e. The molecule has 0 spiro atoms. The highest BCUT2D eigenvalue weighted by molar-refractivity contribution is 5.46. The molecular formula is C21H26N6. The van der Waals surface area contributed by atoms with Crippen LogP contribution in [0.3, 0.4) is 0 Å². The number of hydrogen-bond donors (Lipinski definition) is 0. The van der Waals surface area contributed by atoms with E-state index in [2.05, 4.69) is 43.6 Å². The molecule has 1 atom stereocenters. The van der Waals surface area contributed by atoms with Crippen LogP contribution >= 0.6 is 0 Å². The highest BCUT2D eigenvalue weighted by Gasteiger charge is 2.26. The van der Waals surface area contributed by atoms with Crippen molar-refractivity contribution in [2.24, 2.45) is 0 Å². The molecule has 6 heteroatoms. The summed E-state index contributed by atoms with van der Waals surface area (Å²) in [7, 11) is 0. The molecule has 0 aliphatic carbocycles. The Kier molecular flexibility index (Phi) is 5.42. The fourth-order valence-corrected chi connectivity index (χ4v) is 3.97. The normalized spacial score (nSPS) is 17.2. The van der Waals surface area contributed by atoms with E-state index >= 15 is 0 Å². The Morgan fingerprint density at radius 3 is 2.96 bits per heavy atom. The summed E-state index contributed by atoms with van der Waals surface area (Å²) in [5, 5.41) is 0. The number of anilines is 1. The number of aryl methyl sites for hydroxylation is 1. The number of pyridine rings is 1. The molecule has 0 unspecified atom stereocenters. The van der Waals surface area contributed by atoms with Crippen LogP contribution < -0.4 is 4.90 Å². The molecule has 1 aliphatic heterocycles. The molecular weight excluding hydrogens is 336 g/mol. The van der Waals surface area contributed by atoms with E-state index in [0.717, 1.165) is 57.0 Å². The van der Waals surface area contributed by atoms with Crippen LogP contribution in [0, 0.1) is 0 Å². The standard InChI is InChI=1S/C21H26N6/c1-2-5-18-13-23-16-25-20(18)26-10-4-7-19(15-26)21-24-9-11-27(21)14-17-6-3-8-22-12-17/h3,6,8-9,11-13,16,19H,2,4-5,7,10,14-15H2,1H3/t19-/m0/s1. The third-order valence-corrected chi connectivity index (χ3v) is 5.19. The maximum Gasteiger partial charge on any atom is 0.135 e. The maximum absolute atomic E-state index is 4.71. The monoisotopic (exact) mass is 362 g/mol. The van der Waals surface area contributed by atoms with E-state index in [-0.39, 0.29) is 0 Å². The summed E-state index contributed by atoms with van der Waals surface area (Å²) < 4.78 is 2.26. The zero-order chi connectivity index (χ0) is 18.5. The zero-order valence-corrected chi connectivity index (χ0v) is 15.8. The largest absolute Gasteiger partial charge is 0.356 e. The summed E-state index contributed by atoms with van der Waals surface area (Å²) in [6.45, 7) is 5.02. The molecule has 6 nitrogen and oxygen atoms in total. The predicted molar refractivity (Wildman–Crippen MR) is 106 cm³/mol. The Morgan fingerprint density at radius 1 is 1.15 bits per heavy atom. The lowest BCUT2D eigenvalue weighted by Gasteiger charge is -2.34. The molecule has 140 valence electrons. The molecule has 3 aromatic heterocycles. The van der Waals surface area contributed by atoms with Gasteiger partial charge in [0, 0.05) is 55.6 Å². The van der Waals surface area contributed by atoms with Crippen molar-refractivity contribution < 1.29 is 0 Å². The fourth-order valence-electron chi connectivity index (χ4n) is 3.97. The Bertz CT molecular complexity index is 860. The minimum Gasteiger partial charge on any atom is -0.356 e. The summed E-state index contributed by atoms with van der Waals surface area (Å²) in [4.78, 5) is 20.2. The summed E-state index contributed by atoms with van der Waals surface area (Å²) in [6.07, 6.45) is 15.8. The van der Waals surface area contributed by atoms with Gasteiger partial charge >= 0.3 is 0 Å². The SMILES string of the molecule is CCCc1cncnc1N1CCC[C@H](c2nccn2Cc2cccnc2)C1. The third-order valence-electron chi connectivity index (χ3n) is 5.19. The van der Waals surface area contributed by atoms with Crippen LogP contribution in [0.2, 0.25) is 0 Å². The van der Waals surface area contributed by atoms with E-state index in [1.807, 2.05) is 30.9 Å². The van der Waals surface area contributed by atoms with Crippen LogP contribution in [0.5, 0.6) is 0 Å². The Hall–Kier alpha value is -2.76. The van der Waals surface area contributed by atoms with Crippen molar-refractivity contribution in [3.05, 3.63) is 66.4 Å². The quantitative estimate of drug-likeness (QED) is 0.672. The van der Waals surface area contributed by atoms with Gasteiger partial charge in [-0.1, -0.05) is 19.4 Å². The number of piperidine rings is 1. The Labute approximate surface area is 160 Å². The van der Waals surface area contributed by atoms with Gasteiger partial charge in [0.25, 0.3) is 0 Å². The lowest BCUT2D eigenvalue weighted by Crippen LogP contribution is -2.36. The van der Waals surface area contributed by atoms with Crippen LogP contribution in [-0.2, 0) is 13.0 Å². The van der Waals surface area contributed by atoms with Crippen molar-refractivity contribution in [2.75, 3.05) is 18.0 Å². The van der Waals surface area contributed by atoms with Gasteiger partial charge < -0.3 is 9.47 Å². The fraction of sp³-hybridized carbons (Fsp3) is 0.429. The molecule has 1 saturated heterocycles. The minimum atomic E-state index is 0.412. The van der Waals surface area contributed by atoms with Crippen LogP contribution in [-0.4, -0.2) is 37.6 Å². The van der Waals surface area contributed by atoms with Crippen LogP contribution in [0.1, 0.15) is 49.1 Å². The number of nitrogens with zero attached hydrogens (tertiary/aromatic N) is 6. The van der Waals surface area contributed by atoms with Crippen LogP contribution in [0.4, 0.5) is 5.82 Å². The second kappa shape index (κ2) is 8.29. The van der Waals surface area contributed by atoms with Crippen LogP contribution in [0.15, 0.2) is 49.4 Å². The summed E-state index contributed by atoms with van der Waals surface area (Å²) >= 11 is 0. The molecule has 1 fully saturated rings. The first kappa shape index (κ1) is 17.6. The van der Waals surface area contributed by atoms with Gasteiger partial charge in [0.15, 0.2) is 0 Å². The molecule has 3 aromatic rings. The Morgan fingerprint density at radius 2 is 2.11 bits per heavy atom. The lowest BCUT2D eigenvalue weighted by atomic mass is 9.96. The van der Waals surface area contributed by atoms with Gasteiger partial charge in [-0.15, -0.1) is 0 Å². The summed E-state index contributed by atoms with van der Waals surface area (Å²) in [5.41, 5.74) is 2.45. The first-order chi connectivity index (χ1) is 13.3. The lowest BCUT2D eigenvalue weighted by molar-refractivity contribution is 0.473. The average Bonchev–Trinajstić information content (AvgIpc) is 3.18. The van der Waals surface area contributed by atoms with Crippen molar-refractivity contribution >= 4 is 5.82 Å². The molecule has 0 aromatic carbocycles. The average molecular weight is 362 g/mol. The zero-order valence-electron chi connectivity index (χ0n) is 15.8. The van der Waals surface area contributed by atoms with Gasteiger partial charge in [0.05, 0.1) is 6.54 Å². The van der Waals surface area contributed by atoms with E-state index < -0.39 is 0 Å². The van der Waals surface area contributed by atoms with Gasteiger partial charge in [-0.2, -0.15) is 0 Å². The van der Waals surface area contributed by atoms with Gasteiger partial charge in [-0.25, -0.2) is 15.0 Å². The van der Waals surface area contributed by atoms with Crippen molar-refractivity contribution in [1.29, 1.82) is 0 Å². The highest BCUT2D eigenvalue weighted by atomic mass is 15.2. The van der Waals surface area contributed by atoms with E-state index in [4.69, 9.17) is 4.98 Å². The van der Waals surface area contributed by atoms with Gasteiger partial charge in [0.1, 0.15) is 18.0 Å². The number of aromatic nitrogens is 5. The third kappa shape index (κ3) is 3.99. The van der Waals surface area contributed by atoms with E-state index in [9.17, 15) is 0 Å². The van der Waals surface area contributed by atoms with Crippen molar-refractivity contribution in [1.82, 2.24) is 24.5 Å². The molecule has 1 aliphatic rings. The summed E-state index contributed by atoms with van der Waals surface area (Å²) in [6, 6.07) is 4.10. The van der Waals surface area contributed by atoms with E-state index in [1.165, 1.54) is 11.1 Å². The van der Waals surface area contributed by atoms with Gasteiger partial charge in [-0.3, -0.25) is 4.98 Å². The minimum absolute atomic E-state index is 0.412. The van der Waals surface area contributed by atoms with E-state index in [1.54, 1.807) is 6.33 Å². The molecule has 0 bridgehead atoms. The van der Waals surface area contributed by atoms with Crippen molar-refractivity contribution in [3.8, 4) is 0 Å². The molecule has 27 heavy (non-hydrogen) atoms. The van der Waals surface area contributed by atoms with Gasteiger partial charge in [-0.05, 0) is 30.9 Å². The van der Waals surface area contributed by atoms with E-state index in [0.29, 0.717) is 5.92 Å². The first-order valence-electron chi connectivity index (χ1n) is 9.79. The van der Waals surface area contributed by atoms with Crippen molar-refractivity contribution in [2.45, 2.75) is 45.1 Å². The number of imidazole rings is 1.